The number of carbonyl (C=O) groups is 1. The Morgan fingerprint density at radius 2 is 2.00 bits per heavy atom. The highest BCUT2D eigenvalue weighted by molar-refractivity contribution is 6.34. The molecule has 3 rings (SSSR count). The van der Waals surface area contributed by atoms with Gasteiger partial charge < -0.3 is 0 Å². The molecule has 118 valence electrons. The van der Waals surface area contributed by atoms with Gasteiger partial charge in [0, 0.05) is 41.9 Å². The molecule has 1 amide bonds. The number of amides is 1. The maximum absolute atomic E-state index is 14.3. The van der Waals surface area contributed by atoms with Crippen LogP contribution in [0.4, 0.5) is 8.78 Å². The summed E-state index contributed by atoms with van der Waals surface area (Å²) in [7, 11) is 0. The van der Waals surface area contributed by atoms with Crippen LogP contribution < -0.4 is 5.43 Å². The molecule has 0 aliphatic heterocycles. The lowest BCUT2D eigenvalue weighted by Gasteiger charge is -2.36. The van der Waals surface area contributed by atoms with Crippen molar-refractivity contribution in [2.75, 3.05) is 0 Å². The van der Waals surface area contributed by atoms with E-state index < -0.39 is 28.0 Å². The summed E-state index contributed by atoms with van der Waals surface area (Å²) < 4.78 is 28.4. The number of aromatic nitrogens is 1. The molecular weight excluding hydrogens is 335 g/mol. The topological polar surface area (TPSA) is 54.4 Å². The van der Waals surface area contributed by atoms with Crippen molar-refractivity contribution in [3.05, 3.63) is 30.1 Å². The molecule has 1 N–H and O–H groups in total. The quantitative estimate of drug-likeness (QED) is 0.518. The predicted octanol–water partition coefficient (Wildman–Crippen LogP) is 3.26. The normalized spacial score (nSPS) is 40.3. The number of halogens is 4. The molecule has 8 heteroatoms. The first-order chi connectivity index (χ1) is 10.3. The number of nitrogens with zero attached hydrogens (tertiary/aromatic N) is 2. The summed E-state index contributed by atoms with van der Waals surface area (Å²) in [5, 5.41) is -1.32. The molecule has 2 bridgehead atoms. The first kappa shape index (κ1) is 15.6. The Balaban J connectivity index is 1.63. The lowest BCUT2D eigenvalue weighted by atomic mass is 9.86. The molecule has 0 radical (unpaired) electrons. The van der Waals surface area contributed by atoms with Crippen molar-refractivity contribution in [2.24, 2.45) is 22.9 Å². The van der Waals surface area contributed by atoms with Crippen molar-refractivity contribution in [1.82, 2.24) is 10.4 Å². The van der Waals surface area contributed by atoms with Gasteiger partial charge in [0.1, 0.15) is 0 Å². The lowest BCUT2D eigenvalue weighted by Crippen LogP contribution is -2.47. The number of pyridine rings is 1. The second-order valence-corrected chi connectivity index (χ2v) is 6.74. The minimum atomic E-state index is -2.61. The molecule has 4 nitrogen and oxygen atoms in total. The highest BCUT2D eigenvalue weighted by Gasteiger charge is 2.71. The standard InChI is InChI=1S/C14H13Cl2F2N3O/c15-13(17)10-5-9(11(6-10)14(13,16)18)7-20-21-12(22)8-1-3-19-4-2-8/h1-4,7,9-11H,5-6H2,(H,21,22)/b20-7-/t9-,10+,11-,13-,14+/m1/s1. The SMILES string of the molecule is O=C(N/N=C\[C@H]1C[C@H]2C[C@H]1[C@@](F)(Cl)[C@@]2(F)Cl)c1ccncc1. The molecule has 2 aliphatic rings. The lowest BCUT2D eigenvalue weighted by molar-refractivity contribution is 0.0289. The summed E-state index contributed by atoms with van der Waals surface area (Å²) in [5.74, 6) is -2.15. The molecule has 1 heterocycles. The zero-order chi connectivity index (χ0) is 16.0. The van der Waals surface area contributed by atoms with E-state index >= 15 is 0 Å². The van der Waals surface area contributed by atoms with E-state index in [1.165, 1.54) is 18.6 Å². The summed E-state index contributed by atoms with van der Waals surface area (Å²) in [4.78, 5) is 15.6. The largest absolute Gasteiger partial charge is 0.271 e. The van der Waals surface area contributed by atoms with Crippen LogP contribution in [0.25, 0.3) is 0 Å². The van der Waals surface area contributed by atoms with E-state index in [0.717, 1.165) is 0 Å². The molecule has 22 heavy (non-hydrogen) atoms. The smallest absolute Gasteiger partial charge is 0.267 e. The van der Waals surface area contributed by atoms with Crippen molar-refractivity contribution in [3.8, 4) is 0 Å². The summed E-state index contributed by atoms with van der Waals surface area (Å²) in [6.07, 6.45) is 5.01. The third-order valence-corrected chi connectivity index (χ3v) is 5.65. The molecule has 2 fully saturated rings. The number of nitrogens with one attached hydrogen (secondary N) is 1. The third-order valence-electron chi connectivity index (χ3n) is 4.41. The van der Waals surface area contributed by atoms with Crippen LogP contribution in [0.5, 0.6) is 0 Å². The zero-order valence-electron chi connectivity index (χ0n) is 11.3. The van der Waals surface area contributed by atoms with E-state index in [9.17, 15) is 13.6 Å². The van der Waals surface area contributed by atoms with E-state index in [0.29, 0.717) is 12.0 Å². The number of hydrogen-bond acceptors (Lipinski definition) is 3. The van der Waals surface area contributed by atoms with Crippen LogP contribution in [0.15, 0.2) is 29.6 Å². The van der Waals surface area contributed by atoms with E-state index in [1.807, 2.05) is 0 Å². The average Bonchev–Trinajstić information content (AvgIpc) is 2.99. The fraction of sp³-hybridized carbons (Fsp3) is 0.500. The zero-order valence-corrected chi connectivity index (χ0v) is 12.9. The van der Waals surface area contributed by atoms with E-state index in [1.54, 1.807) is 12.1 Å². The summed E-state index contributed by atoms with van der Waals surface area (Å²) in [6.45, 7) is 0. The van der Waals surface area contributed by atoms with Crippen LogP contribution in [0, 0.1) is 17.8 Å². The Morgan fingerprint density at radius 3 is 2.59 bits per heavy atom. The molecule has 2 aliphatic carbocycles. The highest BCUT2D eigenvalue weighted by Crippen LogP contribution is 2.65. The molecule has 2 saturated carbocycles. The minimum absolute atomic E-state index is 0.273. The third kappa shape index (κ3) is 2.38. The molecule has 0 saturated heterocycles. The Hall–Kier alpha value is -1.27. The number of hydrazone groups is 1. The minimum Gasteiger partial charge on any atom is -0.267 e. The van der Waals surface area contributed by atoms with Crippen molar-refractivity contribution < 1.29 is 13.6 Å². The van der Waals surface area contributed by atoms with Gasteiger partial charge in [-0.1, -0.05) is 23.2 Å². The van der Waals surface area contributed by atoms with Gasteiger partial charge in [-0.05, 0) is 25.0 Å². The van der Waals surface area contributed by atoms with Crippen LogP contribution in [-0.4, -0.2) is 27.4 Å². The first-order valence-electron chi connectivity index (χ1n) is 6.83. The molecule has 1 aromatic heterocycles. The molecule has 1 aromatic rings. The van der Waals surface area contributed by atoms with E-state index in [4.69, 9.17) is 23.2 Å². The second-order valence-electron chi connectivity index (χ2n) is 5.64. The van der Waals surface area contributed by atoms with Gasteiger partial charge in [0.05, 0.1) is 0 Å². The Morgan fingerprint density at radius 1 is 1.32 bits per heavy atom. The summed E-state index contributed by atoms with van der Waals surface area (Å²) >= 11 is 11.3. The van der Waals surface area contributed by atoms with Gasteiger partial charge in [-0.15, -0.1) is 0 Å². The number of rotatable bonds is 3. The van der Waals surface area contributed by atoms with Crippen LogP contribution in [0.2, 0.25) is 0 Å². The fourth-order valence-corrected chi connectivity index (χ4v) is 3.95. The molecular formula is C14H13Cl2F2N3O. The van der Waals surface area contributed by atoms with Gasteiger partial charge in [0.2, 0.25) is 10.3 Å². The van der Waals surface area contributed by atoms with Crippen molar-refractivity contribution >= 4 is 35.3 Å². The maximum Gasteiger partial charge on any atom is 0.271 e. The molecule has 0 aromatic carbocycles. The number of hydrogen-bond donors (Lipinski definition) is 1. The summed E-state index contributed by atoms with van der Waals surface area (Å²) in [6, 6.07) is 3.08. The summed E-state index contributed by atoms with van der Waals surface area (Å²) in [5.41, 5.74) is 2.75. The van der Waals surface area contributed by atoms with Gasteiger partial charge >= 0.3 is 0 Å². The van der Waals surface area contributed by atoms with Crippen LogP contribution >= 0.6 is 23.2 Å². The van der Waals surface area contributed by atoms with Gasteiger partial charge in [0.15, 0.2) is 0 Å². The predicted molar refractivity (Wildman–Crippen MR) is 79.3 cm³/mol. The number of alkyl halides is 4. The van der Waals surface area contributed by atoms with Gasteiger partial charge in [-0.3, -0.25) is 9.78 Å². The average molecular weight is 348 g/mol. The van der Waals surface area contributed by atoms with Gasteiger partial charge in [-0.2, -0.15) is 5.10 Å². The Labute approximate surface area is 135 Å². The highest BCUT2D eigenvalue weighted by atomic mass is 35.5. The number of carbonyl (C=O) groups excluding carboxylic acids is 1. The van der Waals surface area contributed by atoms with Gasteiger partial charge in [0.25, 0.3) is 5.91 Å². The maximum atomic E-state index is 14.3. The van der Waals surface area contributed by atoms with Crippen LogP contribution in [0.1, 0.15) is 23.2 Å². The van der Waals surface area contributed by atoms with Crippen molar-refractivity contribution in [3.63, 3.8) is 0 Å². The van der Waals surface area contributed by atoms with Crippen molar-refractivity contribution in [2.45, 2.75) is 23.1 Å². The Bertz CT molecular complexity index is 609. The number of fused-ring (bicyclic) bond motifs is 2. The van der Waals surface area contributed by atoms with Crippen LogP contribution in [0.3, 0.4) is 0 Å². The first-order valence-corrected chi connectivity index (χ1v) is 7.59. The fourth-order valence-electron chi connectivity index (χ4n) is 3.23. The molecule has 0 unspecified atom stereocenters. The molecule has 5 atom stereocenters. The van der Waals surface area contributed by atoms with Gasteiger partial charge in [-0.25, -0.2) is 14.2 Å². The van der Waals surface area contributed by atoms with E-state index in [-0.39, 0.29) is 12.3 Å². The van der Waals surface area contributed by atoms with Crippen LogP contribution in [-0.2, 0) is 0 Å². The molecule has 0 spiro atoms. The van der Waals surface area contributed by atoms with E-state index in [2.05, 4.69) is 15.5 Å². The van der Waals surface area contributed by atoms with Crippen molar-refractivity contribution in [1.29, 1.82) is 0 Å². The second kappa shape index (κ2) is 5.42. The monoisotopic (exact) mass is 347 g/mol. The Kier molecular flexibility index (Phi) is 3.85.